The van der Waals surface area contributed by atoms with Gasteiger partial charge in [0.25, 0.3) is 15.9 Å². The second-order valence-corrected chi connectivity index (χ2v) is 9.71. The van der Waals surface area contributed by atoms with Gasteiger partial charge in [-0.25, -0.2) is 17.5 Å². The standard InChI is InChI=1S/C24H25N3O5S/c1-19-9-11-21(12-10-19)33(30,31)27(18-20-6-3-2-4-7-20)24(29)26-15-13-25(14-16-26)23(28)22-8-5-17-32-22/h2-12,17H,13-16,18H2,1H3. The summed E-state index contributed by atoms with van der Waals surface area (Å²) in [4.78, 5) is 29.1. The normalized spacial score (nSPS) is 14.2. The van der Waals surface area contributed by atoms with Crippen molar-refractivity contribution in [3.05, 3.63) is 89.9 Å². The molecule has 2 heterocycles. The second kappa shape index (κ2) is 9.50. The molecular weight excluding hydrogens is 442 g/mol. The summed E-state index contributed by atoms with van der Waals surface area (Å²) < 4.78 is 33.0. The molecule has 3 amide bonds. The zero-order valence-electron chi connectivity index (χ0n) is 18.3. The summed E-state index contributed by atoms with van der Waals surface area (Å²) in [5.41, 5.74) is 1.63. The lowest BCUT2D eigenvalue weighted by molar-refractivity contribution is 0.0623. The van der Waals surface area contributed by atoms with Crippen LogP contribution >= 0.6 is 0 Å². The van der Waals surface area contributed by atoms with Crippen LogP contribution in [-0.4, -0.2) is 60.6 Å². The highest BCUT2D eigenvalue weighted by Gasteiger charge is 2.35. The zero-order valence-corrected chi connectivity index (χ0v) is 19.1. The number of sulfonamides is 1. The third-order valence-corrected chi connectivity index (χ3v) is 7.29. The predicted octanol–water partition coefficient (Wildman–Crippen LogP) is 3.36. The predicted molar refractivity (Wildman–Crippen MR) is 122 cm³/mol. The summed E-state index contributed by atoms with van der Waals surface area (Å²) in [7, 11) is -4.08. The van der Waals surface area contributed by atoms with Gasteiger partial charge >= 0.3 is 6.03 Å². The van der Waals surface area contributed by atoms with E-state index < -0.39 is 16.1 Å². The molecule has 3 aromatic rings. The summed E-state index contributed by atoms with van der Waals surface area (Å²) in [6, 6.07) is 18.1. The van der Waals surface area contributed by atoms with Crippen LogP contribution in [-0.2, 0) is 16.6 Å². The van der Waals surface area contributed by atoms with E-state index in [1.807, 2.05) is 13.0 Å². The average molecular weight is 468 g/mol. The van der Waals surface area contributed by atoms with Gasteiger partial charge in [-0.15, -0.1) is 0 Å². The summed E-state index contributed by atoms with van der Waals surface area (Å²) in [5.74, 6) is -0.0112. The van der Waals surface area contributed by atoms with Crippen molar-refractivity contribution < 1.29 is 22.4 Å². The van der Waals surface area contributed by atoms with Crippen LogP contribution in [0.2, 0.25) is 0 Å². The Labute approximate surface area is 193 Å². The Morgan fingerprint density at radius 3 is 2.12 bits per heavy atom. The molecule has 0 bridgehead atoms. The number of piperazine rings is 1. The molecule has 0 N–H and O–H groups in total. The van der Waals surface area contributed by atoms with Gasteiger partial charge in [-0.3, -0.25) is 4.79 Å². The molecule has 0 spiro atoms. The molecule has 33 heavy (non-hydrogen) atoms. The number of carbonyl (C=O) groups is 2. The minimum atomic E-state index is -4.08. The fraction of sp³-hybridized carbons (Fsp3) is 0.250. The Hall–Kier alpha value is -3.59. The number of amides is 3. The van der Waals surface area contributed by atoms with Crippen LogP contribution in [0.5, 0.6) is 0 Å². The molecule has 1 aliphatic heterocycles. The Kier molecular flexibility index (Phi) is 6.50. The van der Waals surface area contributed by atoms with Gasteiger partial charge in [-0.05, 0) is 36.8 Å². The molecule has 0 atom stereocenters. The number of hydrogen-bond acceptors (Lipinski definition) is 5. The quantitative estimate of drug-likeness (QED) is 0.574. The highest BCUT2D eigenvalue weighted by molar-refractivity contribution is 7.89. The van der Waals surface area contributed by atoms with Crippen LogP contribution in [0.4, 0.5) is 4.79 Å². The molecule has 2 aromatic carbocycles. The van der Waals surface area contributed by atoms with Crippen molar-refractivity contribution in [2.45, 2.75) is 18.4 Å². The SMILES string of the molecule is Cc1ccc(S(=O)(=O)N(Cc2ccccc2)C(=O)N2CCN(C(=O)c3ccco3)CC2)cc1. The van der Waals surface area contributed by atoms with Gasteiger partial charge in [0.05, 0.1) is 17.7 Å². The highest BCUT2D eigenvalue weighted by Crippen LogP contribution is 2.22. The smallest absolute Gasteiger partial charge is 0.334 e. The first-order valence-corrected chi connectivity index (χ1v) is 12.1. The largest absolute Gasteiger partial charge is 0.459 e. The maximum absolute atomic E-state index is 13.5. The molecule has 1 aliphatic rings. The van der Waals surface area contributed by atoms with Crippen LogP contribution in [0, 0.1) is 6.92 Å². The van der Waals surface area contributed by atoms with E-state index in [0.717, 1.165) is 9.87 Å². The van der Waals surface area contributed by atoms with Crippen LogP contribution in [0.1, 0.15) is 21.7 Å². The number of carbonyl (C=O) groups excluding carboxylic acids is 2. The van der Waals surface area contributed by atoms with Crippen LogP contribution in [0.25, 0.3) is 0 Å². The van der Waals surface area contributed by atoms with Gasteiger partial charge < -0.3 is 14.2 Å². The van der Waals surface area contributed by atoms with E-state index >= 15 is 0 Å². The van der Waals surface area contributed by atoms with E-state index in [0.29, 0.717) is 5.56 Å². The van der Waals surface area contributed by atoms with Crippen molar-refractivity contribution in [2.75, 3.05) is 26.2 Å². The number of rotatable bonds is 5. The lowest BCUT2D eigenvalue weighted by Crippen LogP contribution is -2.54. The summed E-state index contributed by atoms with van der Waals surface area (Å²) in [6.45, 7) is 2.80. The fourth-order valence-electron chi connectivity index (χ4n) is 3.66. The number of furan rings is 1. The molecule has 0 radical (unpaired) electrons. The first kappa shape index (κ1) is 22.6. The number of aryl methyl sites for hydroxylation is 1. The van der Waals surface area contributed by atoms with Crippen molar-refractivity contribution >= 4 is 22.0 Å². The van der Waals surface area contributed by atoms with Crippen molar-refractivity contribution in [3.63, 3.8) is 0 Å². The number of benzene rings is 2. The van der Waals surface area contributed by atoms with Crippen molar-refractivity contribution in [2.24, 2.45) is 0 Å². The Morgan fingerprint density at radius 1 is 0.879 bits per heavy atom. The van der Waals surface area contributed by atoms with Crippen LogP contribution in [0.3, 0.4) is 0 Å². The third kappa shape index (κ3) is 4.93. The van der Waals surface area contributed by atoms with E-state index in [9.17, 15) is 18.0 Å². The zero-order chi connectivity index (χ0) is 23.4. The lowest BCUT2D eigenvalue weighted by Gasteiger charge is -2.37. The average Bonchev–Trinajstić information content (AvgIpc) is 3.38. The molecule has 1 fully saturated rings. The molecule has 1 aromatic heterocycles. The first-order chi connectivity index (χ1) is 15.9. The Balaban J connectivity index is 1.55. The molecular formula is C24H25N3O5S. The molecule has 0 saturated carbocycles. The van der Waals surface area contributed by atoms with Gasteiger partial charge in [0.2, 0.25) is 0 Å². The number of nitrogens with zero attached hydrogens (tertiary/aromatic N) is 3. The van der Waals surface area contributed by atoms with Crippen molar-refractivity contribution in [1.82, 2.24) is 14.1 Å². The van der Waals surface area contributed by atoms with Crippen LogP contribution < -0.4 is 0 Å². The maximum Gasteiger partial charge on any atom is 0.334 e. The Morgan fingerprint density at radius 2 is 1.52 bits per heavy atom. The summed E-state index contributed by atoms with van der Waals surface area (Å²) >= 11 is 0. The van der Waals surface area contributed by atoms with Crippen molar-refractivity contribution in [1.29, 1.82) is 0 Å². The topological polar surface area (TPSA) is 91.1 Å². The van der Waals surface area contributed by atoms with E-state index in [1.165, 1.54) is 23.3 Å². The third-order valence-electron chi connectivity index (χ3n) is 5.56. The van der Waals surface area contributed by atoms with E-state index in [1.54, 1.807) is 53.4 Å². The number of hydrogen-bond donors (Lipinski definition) is 0. The fourth-order valence-corrected chi connectivity index (χ4v) is 5.03. The van der Waals surface area contributed by atoms with Gasteiger partial charge in [0.15, 0.2) is 5.76 Å². The van der Waals surface area contributed by atoms with Gasteiger partial charge in [-0.2, -0.15) is 0 Å². The van der Waals surface area contributed by atoms with E-state index in [4.69, 9.17) is 4.42 Å². The minimum absolute atomic E-state index is 0.0593. The highest BCUT2D eigenvalue weighted by atomic mass is 32.2. The summed E-state index contributed by atoms with van der Waals surface area (Å²) in [6.07, 6.45) is 1.43. The van der Waals surface area contributed by atoms with Crippen LogP contribution in [0.15, 0.2) is 82.3 Å². The molecule has 1 saturated heterocycles. The molecule has 0 unspecified atom stereocenters. The molecule has 4 rings (SSSR count). The molecule has 0 aliphatic carbocycles. The maximum atomic E-state index is 13.5. The first-order valence-electron chi connectivity index (χ1n) is 10.6. The van der Waals surface area contributed by atoms with E-state index in [2.05, 4.69) is 0 Å². The molecule has 9 heteroatoms. The minimum Gasteiger partial charge on any atom is -0.459 e. The van der Waals surface area contributed by atoms with E-state index in [-0.39, 0.29) is 49.3 Å². The Bertz CT molecular complexity index is 1200. The molecule has 172 valence electrons. The number of urea groups is 1. The monoisotopic (exact) mass is 467 g/mol. The van der Waals surface area contributed by atoms with Gasteiger partial charge in [0, 0.05) is 26.2 Å². The van der Waals surface area contributed by atoms with Crippen molar-refractivity contribution in [3.8, 4) is 0 Å². The second-order valence-electron chi connectivity index (χ2n) is 7.85. The lowest BCUT2D eigenvalue weighted by atomic mass is 10.2. The summed E-state index contributed by atoms with van der Waals surface area (Å²) in [5, 5.41) is 0. The van der Waals surface area contributed by atoms with Gasteiger partial charge in [0.1, 0.15) is 0 Å². The molecule has 8 nitrogen and oxygen atoms in total. The van der Waals surface area contributed by atoms with Gasteiger partial charge in [-0.1, -0.05) is 48.0 Å².